The molecule has 0 spiro atoms. The van der Waals surface area contributed by atoms with Gasteiger partial charge in [-0.2, -0.15) is 0 Å². The lowest BCUT2D eigenvalue weighted by Crippen LogP contribution is -2.47. The average Bonchev–Trinajstić information content (AvgIpc) is 2.93. The van der Waals surface area contributed by atoms with E-state index in [4.69, 9.17) is 14.5 Å². The lowest BCUT2D eigenvalue weighted by molar-refractivity contribution is 0.0263. The van der Waals surface area contributed by atoms with Gasteiger partial charge < -0.3 is 19.7 Å². The maximum atomic E-state index is 6.08. The molecule has 1 heterocycles. The zero-order valence-corrected chi connectivity index (χ0v) is 19.9. The van der Waals surface area contributed by atoms with Crippen LogP contribution >= 0.6 is 24.0 Å². The van der Waals surface area contributed by atoms with Gasteiger partial charge in [0, 0.05) is 39.4 Å². The molecule has 1 aliphatic carbocycles. The smallest absolute Gasteiger partial charge is 0.193 e. The fourth-order valence-electron chi connectivity index (χ4n) is 3.95. The summed E-state index contributed by atoms with van der Waals surface area (Å²) >= 11 is 0. The van der Waals surface area contributed by atoms with Gasteiger partial charge in [-0.1, -0.05) is 25.7 Å². The van der Waals surface area contributed by atoms with Crippen molar-refractivity contribution in [1.82, 2.24) is 10.2 Å². The Labute approximate surface area is 184 Å². The number of hydrogen-bond acceptors (Lipinski definition) is 3. The molecular formula is C21H42IN3O2. The minimum absolute atomic E-state index is 0. The monoisotopic (exact) mass is 495 g/mol. The molecule has 2 aliphatic rings. The van der Waals surface area contributed by atoms with E-state index in [0.29, 0.717) is 12.2 Å². The van der Waals surface area contributed by atoms with Crippen LogP contribution in [-0.4, -0.2) is 62.5 Å². The first-order valence-corrected chi connectivity index (χ1v) is 11.1. The number of aliphatic imine (C=N–C) groups is 1. The van der Waals surface area contributed by atoms with Crippen LogP contribution in [0.15, 0.2) is 4.99 Å². The molecule has 0 radical (unpaired) electrons. The molecule has 6 heteroatoms. The molecule has 0 atom stereocenters. The third-order valence-corrected chi connectivity index (χ3v) is 5.45. The quantitative estimate of drug-likeness (QED) is 0.167. The molecule has 0 aromatic carbocycles. The summed E-state index contributed by atoms with van der Waals surface area (Å²) in [5.41, 5.74) is 0. The van der Waals surface area contributed by atoms with E-state index < -0.39 is 0 Å². The molecule has 27 heavy (non-hydrogen) atoms. The van der Waals surface area contributed by atoms with Crippen molar-refractivity contribution in [3.05, 3.63) is 0 Å². The van der Waals surface area contributed by atoms with E-state index in [1.54, 1.807) is 0 Å². The van der Waals surface area contributed by atoms with E-state index in [0.717, 1.165) is 71.0 Å². The number of ether oxygens (including phenoxy) is 2. The summed E-state index contributed by atoms with van der Waals surface area (Å²) in [7, 11) is 0. The van der Waals surface area contributed by atoms with Crippen molar-refractivity contribution >= 4 is 29.9 Å². The molecule has 0 unspecified atom stereocenters. The summed E-state index contributed by atoms with van der Waals surface area (Å²) in [5.74, 6) is 1.08. The molecule has 0 aromatic rings. The fourth-order valence-corrected chi connectivity index (χ4v) is 3.95. The van der Waals surface area contributed by atoms with Crippen molar-refractivity contribution < 1.29 is 9.47 Å². The average molecular weight is 495 g/mol. The molecule has 0 bridgehead atoms. The Morgan fingerprint density at radius 1 is 0.926 bits per heavy atom. The molecule has 2 fully saturated rings. The SMILES string of the molecule is CCNC(=NCCCCOC1CCCCCC1)N1CCC(OCC)CC1.I. The molecule has 1 N–H and O–H groups in total. The Hall–Kier alpha value is -0.0800. The molecule has 0 aromatic heterocycles. The molecule has 5 nitrogen and oxygen atoms in total. The molecule has 2 rings (SSSR count). The number of likely N-dealkylation sites (tertiary alicyclic amines) is 1. The highest BCUT2D eigenvalue weighted by Crippen LogP contribution is 2.20. The van der Waals surface area contributed by atoms with Gasteiger partial charge in [0.2, 0.25) is 0 Å². The third kappa shape index (κ3) is 10.3. The highest BCUT2D eigenvalue weighted by molar-refractivity contribution is 14.0. The molecule has 1 aliphatic heterocycles. The number of halogens is 1. The first-order chi connectivity index (χ1) is 12.8. The van der Waals surface area contributed by atoms with Crippen molar-refractivity contribution in [3.63, 3.8) is 0 Å². The standard InChI is InChI=1S/C21H41N3O2.HI/c1-3-22-21(24-16-13-20(14-17-24)25-4-2)23-15-9-10-18-26-19-11-7-5-6-8-12-19;/h19-20H,3-18H2,1-2H3,(H,22,23);1H. The van der Waals surface area contributed by atoms with Gasteiger partial charge in [-0.15, -0.1) is 24.0 Å². The Kier molecular flexibility index (Phi) is 14.6. The van der Waals surface area contributed by atoms with Crippen LogP contribution in [0.5, 0.6) is 0 Å². The number of nitrogens with zero attached hydrogens (tertiary/aromatic N) is 2. The van der Waals surface area contributed by atoms with Crippen LogP contribution in [0.1, 0.15) is 78.1 Å². The number of piperidine rings is 1. The van der Waals surface area contributed by atoms with Gasteiger partial charge in [0.25, 0.3) is 0 Å². The third-order valence-electron chi connectivity index (χ3n) is 5.45. The summed E-state index contributed by atoms with van der Waals surface area (Å²) in [4.78, 5) is 7.23. The number of hydrogen-bond donors (Lipinski definition) is 1. The van der Waals surface area contributed by atoms with Crippen molar-refractivity contribution in [2.75, 3.05) is 39.4 Å². The van der Waals surface area contributed by atoms with Crippen LogP contribution in [0.25, 0.3) is 0 Å². The summed E-state index contributed by atoms with van der Waals surface area (Å²) in [6.07, 6.45) is 13.4. The predicted molar refractivity (Wildman–Crippen MR) is 124 cm³/mol. The summed E-state index contributed by atoms with van der Waals surface area (Å²) in [6, 6.07) is 0. The number of nitrogens with one attached hydrogen (secondary N) is 1. The normalized spacial score (nSPS) is 20.2. The first kappa shape index (κ1) is 25.0. The van der Waals surface area contributed by atoms with Crippen LogP contribution < -0.4 is 5.32 Å². The largest absolute Gasteiger partial charge is 0.378 e. The number of guanidine groups is 1. The molecule has 1 saturated heterocycles. The lowest BCUT2D eigenvalue weighted by Gasteiger charge is -2.34. The van der Waals surface area contributed by atoms with E-state index in [9.17, 15) is 0 Å². The van der Waals surface area contributed by atoms with E-state index >= 15 is 0 Å². The predicted octanol–water partition coefficient (Wildman–Crippen LogP) is 4.59. The van der Waals surface area contributed by atoms with E-state index in [-0.39, 0.29) is 24.0 Å². The van der Waals surface area contributed by atoms with Crippen LogP contribution in [0.4, 0.5) is 0 Å². The van der Waals surface area contributed by atoms with Gasteiger partial charge in [0.15, 0.2) is 5.96 Å². The minimum atomic E-state index is 0. The second-order valence-corrected chi connectivity index (χ2v) is 7.57. The van der Waals surface area contributed by atoms with Gasteiger partial charge in [-0.3, -0.25) is 4.99 Å². The zero-order chi connectivity index (χ0) is 18.5. The molecule has 0 amide bonds. The van der Waals surface area contributed by atoms with Crippen molar-refractivity contribution in [2.24, 2.45) is 4.99 Å². The Morgan fingerprint density at radius 3 is 2.22 bits per heavy atom. The van der Waals surface area contributed by atoms with Gasteiger partial charge in [-0.05, 0) is 52.4 Å². The zero-order valence-electron chi connectivity index (χ0n) is 17.6. The van der Waals surface area contributed by atoms with Crippen molar-refractivity contribution in [1.29, 1.82) is 0 Å². The second-order valence-electron chi connectivity index (χ2n) is 7.57. The Bertz CT molecular complexity index is 380. The maximum Gasteiger partial charge on any atom is 0.193 e. The van der Waals surface area contributed by atoms with E-state index in [1.807, 2.05) is 0 Å². The summed E-state index contributed by atoms with van der Waals surface area (Å²) < 4.78 is 11.8. The molecule has 160 valence electrons. The molecular weight excluding hydrogens is 453 g/mol. The number of unbranched alkanes of at least 4 members (excludes halogenated alkanes) is 1. The van der Waals surface area contributed by atoms with Gasteiger partial charge >= 0.3 is 0 Å². The first-order valence-electron chi connectivity index (χ1n) is 11.1. The Balaban J connectivity index is 0.00000364. The topological polar surface area (TPSA) is 46.1 Å². The van der Waals surface area contributed by atoms with Crippen LogP contribution in [0.3, 0.4) is 0 Å². The van der Waals surface area contributed by atoms with Crippen LogP contribution in [0.2, 0.25) is 0 Å². The highest BCUT2D eigenvalue weighted by atomic mass is 127. The minimum Gasteiger partial charge on any atom is -0.378 e. The van der Waals surface area contributed by atoms with Gasteiger partial charge in [-0.25, -0.2) is 0 Å². The van der Waals surface area contributed by atoms with Gasteiger partial charge in [0.05, 0.1) is 12.2 Å². The van der Waals surface area contributed by atoms with Crippen molar-refractivity contribution in [3.8, 4) is 0 Å². The number of rotatable bonds is 9. The van der Waals surface area contributed by atoms with Crippen molar-refractivity contribution in [2.45, 2.75) is 90.3 Å². The van der Waals surface area contributed by atoms with Crippen LogP contribution in [0, 0.1) is 0 Å². The summed E-state index contributed by atoms with van der Waals surface area (Å²) in [5, 5.41) is 3.45. The summed E-state index contributed by atoms with van der Waals surface area (Å²) in [6.45, 7) is 9.85. The Morgan fingerprint density at radius 2 is 1.59 bits per heavy atom. The second kappa shape index (κ2) is 15.8. The van der Waals surface area contributed by atoms with Crippen LogP contribution in [-0.2, 0) is 9.47 Å². The van der Waals surface area contributed by atoms with Gasteiger partial charge in [0.1, 0.15) is 0 Å². The fraction of sp³-hybridized carbons (Fsp3) is 0.952. The lowest BCUT2D eigenvalue weighted by atomic mass is 10.1. The molecule has 1 saturated carbocycles. The maximum absolute atomic E-state index is 6.08. The highest BCUT2D eigenvalue weighted by Gasteiger charge is 2.21. The van der Waals surface area contributed by atoms with E-state index in [2.05, 4.69) is 24.1 Å². The van der Waals surface area contributed by atoms with E-state index in [1.165, 1.54) is 38.5 Å².